The average Bonchev–Trinajstić information content (AvgIpc) is 3.16. The van der Waals surface area contributed by atoms with E-state index in [1.165, 1.54) is 4.88 Å². The number of hydrogen-bond acceptors (Lipinski definition) is 4. The van der Waals surface area contributed by atoms with Gasteiger partial charge in [0.25, 0.3) is 0 Å². The average molecular weight is 411 g/mol. The zero-order chi connectivity index (χ0) is 21.3. The van der Waals surface area contributed by atoms with Crippen LogP contribution in [0.25, 0.3) is 0 Å². The van der Waals surface area contributed by atoms with E-state index in [9.17, 15) is 4.79 Å². The summed E-state index contributed by atoms with van der Waals surface area (Å²) in [5.41, 5.74) is 2.00. The van der Waals surface area contributed by atoms with Crippen molar-refractivity contribution in [1.82, 2.24) is 10.6 Å². The molecular formula is C23H30N4OS. The fraction of sp³-hybridized carbons (Fsp3) is 0.435. The zero-order valence-electron chi connectivity index (χ0n) is 17.7. The van der Waals surface area contributed by atoms with Crippen LogP contribution in [0.1, 0.15) is 49.6 Å². The first-order valence-electron chi connectivity index (χ1n) is 9.88. The van der Waals surface area contributed by atoms with Crippen LogP contribution in [0.2, 0.25) is 0 Å². The number of amides is 1. The Bertz CT molecular complexity index is 860. The number of thiophene rings is 1. The van der Waals surface area contributed by atoms with Crippen molar-refractivity contribution in [3.63, 3.8) is 0 Å². The highest BCUT2D eigenvalue weighted by Crippen LogP contribution is 2.19. The van der Waals surface area contributed by atoms with E-state index in [4.69, 9.17) is 5.26 Å². The number of hydrogen-bond donors (Lipinski definition) is 2. The first-order valence-corrected chi connectivity index (χ1v) is 10.8. The van der Waals surface area contributed by atoms with Gasteiger partial charge in [-0.2, -0.15) is 10.3 Å². The highest BCUT2D eigenvalue weighted by Gasteiger charge is 2.27. The lowest BCUT2D eigenvalue weighted by atomic mass is 9.91. The van der Waals surface area contributed by atoms with Gasteiger partial charge in [-0.1, -0.05) is 51.1 Å². The molecule has 0 bridgehead atoms. The fourth-order valence-corrected chi connectivity index (χ4v) is 3.67. The molecule has 1 aromatic heterocycles. The minimum absolute atomic E-state index is 0.00109. The van der Waals surface area contributed by atoms with Gasteiger partial charge in [-0.15, -0.1) is 11.3 Å². The van der Waals surface area contributed by atoms with Crippen LogP contribution < -0.4 is 10.6 Å². The number of carbonyl (C=O) groups is 1. The molecule has 0 fully saturated rings. The molecule has 1 aromatic carbocycles. The van der Waals surface area contributed by atoms with Crippen LogP contribution in [-0.2, 0) is 17.6 Å². The minimum Gasteiger partial charge on any atom is -0.352 e. The predicted molar refractivity (Wildman–Crippen MR) is 120 cm³/mol. The number of benzene rings is 1. The zero-order valence-corrected chi connectivity index (χ0v) is 18.5. The number of carbonyl (C=O) groups excluding carboxylic acids is 1. The summed E-state index contributed by atoms with van der Waals surface area (Å²) >= 11 is 1.72. The molecule has 0 saturated carbocycles. The SMILES string of the molecule is Cc1ccccc1C/C(=N\C#N)NC(NC(=O)CCCc1cccs1)C(C)(C)C. The summed E-state index contributed by atoms with van der Waals surface area (Å²) in [4.78, 5) is 17.8. The third-order valence-corrected chi connectivity index (χ3v) is 5.63. The third-order valence-electron chi connectivity index (χ3n) is 4.69. The number of aryl methyl sites for hydroxylation is 2. The van der Waals surface area contributed by atoms with E-state index in [1.807, 2.05) is 64.2 Å². The molecule has 0 aliphatic rings. The monoisotopic (exact) mass is 410 g/mol. The molecule has 5 nitrogen and oxygen atoms in total. The van der Waals surface area contributed by atoms with E-state index in [2.05, 4.69) is 27.1 Å². The maximum absolute atomic E-state index is 12.5. The number of nitriles is 1. The van der Waals surface area contributed by atoms with Crippen LogP contribution in [0.15, 0.2) is 46.8 Å². The second kappa shape index (κ2) is 10.8. The summed E-state index contributed by atoms with van der Waals surface area (Å²) in [6.45, 7) is 8.19. The number of amidine groups is 1. The maximum atomic E-state index is 12.5. The molecule has 1 atom stereocenters. The highest BCUT2D eigenvalue weighted by atomic mass is 32.1. The summed E-state index contributed by atoms with van der Waals surface area (Å²) in [6, 6.07) is 12.2. The van der Waals surface area contributed by atoms with Gasteiger partial charge in [-0.3, -0.25) is 4.79 Å². The minimum atomic E-state index is -0.326. The molecule has 1 amide bonds. The summed E-state index contributed by atoms with van der Waals surface area (Å²) < 4.78 is 0. The standard InChI is InChI=1S/C23H30N4OS/c1-17-9-5-6-10-18(17)15-20(25-16-24)26-22(23(2,3)4)27-21(28)13-7-11-19-12-8-14-29-19/h5-6,8-10,12,14,22H,7,11,13,15H2,1-4H3,(H,25,26)(H,27,28). The Morgan fingerprint density at radius 2 is 1.97 bits per heavy atom. The van der Waals surface area contributed by atoms with Crippen LogP contribution >= 0.6 is 11.3 Å². The Morgan fingerprint density at radius 1 is 1.21 bits per heavy atom. The quantitative estimate of drug-likeness (QED) is 0.289. The van der Waals surface area contributed by atoms with Crippen LogP contribution in [-0.4, -0.2) is 17.9 Å². The van der Waals surface area contributed by atoms with Gasteiger partial charge in [0.05, 0.1) is 0 Å². The maximum Gasteiger partial charge on any atom is 0.221 e. The van der Waals surface area contributed by atoms with Gasteiger partial charge in [0.1, 0.15) is 12.0 Å². The van der Waals surface area contributed by atoms with Gasteiger partial charge in [-0.25, -0.2) is 0 Å². The van der Waals surface area contributed by atoms with Crippen molar-refractivity contribution in [3.8, 4) is 6.19 Å². The van der Waals surface area contributed by atoms with Gasteiger partial charge >= 0.3 is 0 Å². The third kappa shape index (κ3) is 7.71. The van der Waals surface area contributed by atoms with E-state index in [0.717, 1.165) is 24.0 Å². The molecule has 1 heterocycles. The number of aliphatic imine (C=N–C) groups is 1. The molecule has 29 heavy (non-hydrogen) atoms. The molecule has 0 radical (unpaired) electrons. The first-order chi connectivity index (χ1) is 13.8. The first kappa shape index (κ1) is 22.6. The van der Waals surface area contributed by atoms with Crippen LogP contribution in [0.5, 0.6) is 0 Å². The van der Waals surface area contributed by atoms with Crippen LogP contribution in [0, 0.1) is 23.8 Å². The van der Waals surface area contributed by atoms with Gasteiger partial charge in [0, 0.05) is 23.1 Å². The van der Waals surface area contributed by atoms with E-state index >= 15 is 0 Å². The van der Waals surface area contributed by atoms with Crippen molar-refractivity contribution in [3.05, 3.63) is 57.8 Å². The van der Waals surface area contributed by atoms with Gasteiger partial charge in [-0.05, 0) is 42.3 Å². The topological polar surface area (TPSA) is 77.3 Å². The summed E-state index contributed by atoms with van der Waals surface area (Å²) in [6.07, 6.45) is 4.26. The van der Waals surface area contributed by atoms with Crippen molar-refractivity contribution < 1.29 is 4.79 Å². The summed E-state index contributed by atoms with van der Waals surface area (Å²) in [5, 5.41) is 17.6. The van der Waals surface area contributed by atoms with E-state index in [1.54, 1.807) is 11.3 Å². The Hall–Kier alpha value is -2.65. The summed E-state index contributed by atoms with van der Waals surface area (Å²) in [7, 11) is 0. The number of nitrogens with zero attached hydrogens (tertiary/aromatic N) is 2. The van der Waals surface area contributed by atoms with E-state index < -0.39 is 0 Å². The second-order valence-electron chi connectivity index (χ2n) is 8.21. The predicted octanol–water partition coefficient (Wildman–Crippen LogP) is 4.58. The lowest BCUT2D eigenvalue weighted by Crippen LogP contribution is -2.55. The number of rotatable bonds is 8. The molecule has 6 heteroatoms. The Kier molecular flexibility index (Phi) is 8.41. The lowest BCUT2D eigenvalue weighted by molar-refractivity contribution is -0.122. The Morgan fingerprint density at radius 3 is 2.59 bits per heavy atom. The van der Waals surface area contributed by atoms with Crippen molar-refractivity contribution in [2.75, 3.05) is 0 Å². The van der Waals surface area contributed by atoms with Gasteiger partial charge < -0.3 is 10.6 Å². The molecule has 2 rings (SSSR count). The van der Waals surface area contributed by atoms with Crippen molar-refractivity contribution in [2.24, 2.45) is 10.4 Å². The molecule has 1 unspecified atom stereocenters. The van der Waals surface area contributed by atoms with E-state index in [-0.39, 0.29) is 17.5 Å². The normalized spacial score (nSPS) is 12.9. The Balaban J connectivity index is 2.00. The second-order valence-corrected chi connectivity index (χ2v) is 9.24. The molecule has 0 aliphatic heterocycles. The molecule has 154 valence electrons. The van der Waals surface area contributed by atoms with E-state index in [0.29, 0.717) is 18.7 Å². The van der Waals surface area contributed by atoms with Gasteiger partial charge in [0.15, 0.2) is 0 Å². The van der Waals surface area contributed by atoms with Gasteiger partial charge in [0.2, 0.25) is 12.1 Å². The smallest absolute Gasteiger partial charge is 0.221 e. The molecule has 0 aliphatic carbocycles. The molecule has 2 N–H and O–H groups in total. The summed E-state index contributed by atoms with van der Waals surface area (Å²) in [5.74, 6) is 0.557. The van der Waals surface area contributed by atoms with Crippen LogP contribution in [0.3, 0.4) is 0 Å². The van der Waals surface area contributed by atoms with Crippen LogP contribution in [0.4, 0.5) is 0 Å². The molecule has 0 spiro atoms. The van der Waals surface area contributed by atoms with Crippen molar-refractivity contribution in [1.29, 1.82) is 5.26 Å². The van der Waals surface area contributed by atoms with Crippen molar-refractivity contribution in [2.45, 2.75) is 59.5 Å². The molecular weight excluding hydrogens is 380 g/mol. The molecule has 2 aromatic rings. The Labute approximate surface area is 177 Å². The lowest BCUT2D eigenvalue weighted by Gasteiger charge is -2.33. The molecule has 0 saturated heterocycles. The van der Waals surface area contributed by atoms with Crippen molar-refractivity contribution >= 4 is 23.1 Å². The number of nitrogens with one attached hydrogen (secondary N) is 2. The largest absolute Gasteiger partial charge is 0.352 e. The fourth-order valence-electron chi connectivity index (χ4n) is 2.92. The highest BCUT2D eigenvalue weighted by molar-refractivity contribution is 7.09.